The third kappa shape index (κ3) is 4.19. The maximum absolute atomic E-state index is 12.4. The van der Waals surface area contributed by atoms with E-state index in [2.05, 4.69) is 45.5 Å². The third-order valence-electron chi connectivity index (χ3n) is 5.34. The average molecular weight is 362 g/mol. The summed E-state index contributed by atoms with van der Waals surface area (Å²) in [6.07, 6.45) is 6.18. The predicted octanol–water partition coefficient (Wildman–Crippen LogP) is 3.25. The van der Waals surface area contributed by atoms with Crippen LogP contribution in [0.5, 0.6) is 0 Å². The third-order valence-corrected chi connectivity index (χ3v) is 5.34. The Balaban J connectivity index is 1.30. The van der Waals surface area contributed by atoms with Gasteiger partial charge in [0.05, 0.1) is 0 Å². The Morgan fingerprint density at radius 3 is 2.96 bits per heavy atom. The molecule has 0 bridgehead atoms. The lowest BCUT2D eigenvalue weighted by atomic mass is 9.91. The minimum atomic E-state index is -0.104. The number of carbonyl (C=O) groups is 1. The molecule has 1 atom stereocenters. The van der Waals surface area contributed by atoms with Gasteiger partial charge in [-0.05, 0) is 55.5 Å². The number of imidazole rings is 1. The van der Waals surface area contributed by atoms with E-state index in [0.717, 1.165) is 30.8 Å². The first-order valence-corrected chi connectivity index (χ1v) is 9.70. The van der Waals surface area contributed by atoms with Gasteiger partial charge in [0.1, 0.15) is 11.3 Å². The number of aromatic nitrogens is 2. The molecular formula is C22H26N4O. The van der Waals surface area contributed by atoms with Crippen molar-refractivity contribution < 1.29 is 4.79 Å². The van der Waals surface area contributed by atoms with Gasteiger partial charge in [0, 0.05) is 32.0 Å². The number of hydrogen-bond acceptors (Lipinski definition) is 3. The SMILES string of the molecule is Cc1ccn2cc(C(=O)NCCN3CCC[C@H](c4ccccc4)C3)nc2c1. The molecule has 5 nitrogen and oxygen atoms in total. The average Bonchev–Trinajstić information content (AvgIpc) is 3.12. The topological polar surface area (TPSA) is 49.6 Å². The van der Waals surface area contributed by atoms with Crippen LogP contribution in [0.1, 0.15) is 40.4 Å². The molecule has 0 spiro atoms. The second-order valence-corrected chi connectivity index (χ2v) is 7.40. The van der Waals surface area contributed by atoms with E-state index in [4.69, 9.17) is 0 Å². The first-order valence-electron chi connectivity index (χ1n) is 9.70. The molecule has 4 rings (SSSR count). The molecule has 5 heteroatoms. The Kier molecular flexibility index (Phi) is 5.21. The van der Waals surface area contributed by atoms with Gasteiger partial charge in [0.25, 0.3) is 5.91 Å². The number of fused-ring (bicyclic) bond motifs is 1. The number of nitrogens with zero attached hydrogens (tertiary/aromatic N) is 3. The lowest BCUT2D eigenvalue weighted by Crippen LogP contribution is -2.40. The Hall–Kier alpha value is -2.66. The number of rotatable bonds is 5. The number of hydrogen-bond donors (Lipinski definition) is 1. The van der Waals surface area contributed by atoms with E-state index in [1.165, 1.54) is 18.4 Å². The number of carbonyl (C=O) groups excluding carboxylic acids is 1. The van der Waals surface area contributed by atoms with E-state index in [0.29, 0.717) is 18.2 Å². The molecule has 3 heterocycles. The van der Waals surface area contributed by atoms with Crippen molar-refractivity contribution in [2.75, 3.05) is 26.2 Å². The van der Waals surface area contributed by atoms with Gasteiger partial charge in [-0.3, -0.25) is 4.79 Å². The fourth-order valence-corrected chi connectivity index (χ4v) is 3.87. The molecule has 1 amide bonds. The molecular weight excluding hydrogens is 336 g/mol. The summed E-state index contributed by atoms with van der Waals surface area (Å²) in [7, 11) is 0. The number of likely N-dealkylation sites (tertiary alicyclic amines) is 1. The first kappa shape index (κ1) is 17.7. The number of nitrogens with one attached hydrogen (secondary N) is 1. The summed E-state index contributed by atoms with van der Waals surface area (Å²) in [5.41, 5.74) is 3.84. The van der Waals surface area contributed by atoms with Crippen LogP contribution in [0.15, 0.2) is 54.9 Å². The highest BCUT2D eigenvalue weighted by molar-refractivity contribution is 5.92. The number of aryl methyl sites for hydroxylation is 1. The minimum absolute atomic E-state index is 0.104. The Bertz CT molecular complexity index is 918. The number of amides is 1. The van der Waals surface area contributed by atoms with Crippen LogP contribution < -0.4 is 5.32 Å². The van der Waals surface area contributed by atoms with Gasteiger partial charge in [-0.25, -0.2) is 4.98 Å². The highest BCUT2D eigenvalue weighted by atomic mass is 16.1. The molecule has 1 aliphatic rings. The maximum atomic E-state index is 12.4. The Labute approximate surface area is 160 Å². The molecule has 3 aromatic rings. The molecule has 27 heavy (non-hydrogen) atoms. The van der Waals surface area contributed by atoms with E-state index < -0.39 is 0 Å². The molecule has 0 unspecified atom stereocenters. The van der Waals surface area contributed by atoms with E-state index in [9.17, 15) is 4.79 Å². The van der Waals surface area contributed by atoms with Crippen molar-refractivity contribution in [2.45, 2.75) is 25.7 Å². The molecule has 140 valence electrons. The molecule has 1 fully saturated rings. The zero-order valence-corrected chi connectivity index (χ0v) is 15.8. The molecule has 1 saturated heterocycles. The quantitative estimate of drug-likeness (QED) is 0.758. The van der Waals surface area contributed by atoms with E-state index in [1.54, 1.807) is 6.20 Å². The maximum Gasteiger partial charge on any atom is 0.271 e. The van der Waals surface area contributed by atoms with Crippen LogP contribution in [-0.4, -0.2) is 46.4 Å². The van der Waals surface area contributed by atoms with Crippen LogP contribution in [-0.2, 0) is 0 Å². The largest absolute Gasteiger partial charge is 0.349 e. The molecule has 1 aromatic carbocycles. The van der Waals surface area contributed by atoms with Crippen molar-refractivity contribution in [1.82, 2.24) is 19.6 Å². The number of piperidine rings is 1. The standard InChI is InChI=1S/C22H26N4O/c1-17-9-12-26-16-20(24-21(26)14-17)22(27)23-10-13-25-11-5-8-19(15-25)18-6-3-2-4-7-18/h2-4,6-7,9,12,14,16,19H,5,8,10-11,13,15H2,1H3,(H,23,27)/t19-/m0/s1. The summed E-state index contributed by atoms with van der Waals surface area (Å²) in [5.74, 6) is 0.491. The van der Waals surface area contributed by atoms with Crippen molar-refractivity contribution in [3.05, 3.63) is 71.7 Å². The van der Waals surface area contributed by atoms with Gasteiger partial charge in [-0.15, -0.1) is 0 Å². The second-order valence-electron chi connectivity index (χ2n) is 7.40. The highest BCUT2D eigenvalue weighted by Gasteiger charge is 2.21. The zero-order chi connectivity index (χ0) is 18.6. The first-order chi connectivity index (χ1) is 13.2. The van der Waals surface area contributed by atoms with Crippen molar-refractivity contribution in [1.29, 1.82) is 0 Å². The normalized spacial score (nSPS) is 17.9. The Morgan fingerprint density at radius 1 is 1.26 bits per heavy atom. The monoisotopic (exact) mass is 362 g/mol. The summed E-state index contributed by atoms with van der Waals surface area (Å²) >= 11 is 0. The van der Waals surface area contributed by atoms with Gasteiger partial charge < -0.3 is 14.6 Å². The minimum Gasteiger partial charge on any atom is -0.349 e. The van der Waals surface area contributed by atoms with Crippen molar-refractivity contribution >= 4 is 11.6 Å². The van der Waals surface area contributed by atoms with Gasteiger partial charge in [-0.1, -0.05) is 30.3 Å². The summed E-state index contributed by atoms with van der Waals surface area (Å²) in [4.78, 5) is 19.3. The van der Waals surface area contributed by atoms with Crippen molar-refractivity contribution in [2.24, 2.45) is 0 Å². The van der Waals surface area contributed by atoms with Gasteiger partial charge in [0.15, 0.2) is 0 Å². The van der Waals surface area contributed by atoms with Crippen LogP contribution >= 0.6 is 0 Å². The second kappa shape index (κ2) is 7.92. The molecule has 0 saturated carbocycles. The number of benzene rings is 1. The molecule has 0 radical (unpaired) electrons. The summed E-state index contributed by atoms with van der Waals surface area (Å²) in [5, 5.41) is 3.02. The van der Waals surface area contributed by atoms with Crippen molar-refractivity contribution in [3.8, 4) is 0 Å². The zero-order valence-electron chi connectivity index (χ0n) is 15.8. The van der Waals surface area contributed by atoms with Gasteiger partial charge in [-0.2, -0.15) is 0 Å². The smallest absolute Gasteiger partial charge is 0.271 e. The molecule has 2 aromatic heterocycles. The predicted molar refractivity (Wildman–Crippen MR) is 107 cm³/mol. The summed E-state index contributed by atoms with van der Waals surface area (Å²) in [6, 6.07) is 14.7. The Morgan fingerprint density at radius 2 is 2.11 bits per heavy atom. The highest BCUT2D eigenvalue weighted by Crippen LogP contribution is 2.26. The molecule has 1 aliphatic heterocycles. The molecule has 0 aliphatic carbocycles. The summed E-state index contributed by atoms with van der Waals surface area (Å²) < 4.78 is 1.89. The van der Waals surface area contributed by atoms with Crippen molar-refractivity contribution in [3.63, 3.8) is 0 Å². The van der Waals surface area contributed by atoms with E-state index in [1.807, 2.05) is 29.7 Å². The van der Waals surface area contributed by atoms with Gasteiger partial charge >= 0.3 is 0 Å². The van der Waals surface area contributed by atoms with Crippen LogP contribution in [0.2, 0.25) is 0 Å². The van der Waals surface area contributed by atoms with E-state index >= 15 is 0 Å². The number of pyridine rings is 1. The lowest BCUT2D eigenvalue weighted by Gasteiger charge is -2.33. The van der Waals surface area contributed by atoms with Crippen LogP contribution in [0.25, 0.3) is 5.65 Å². The fraction of sp³-hybridized carbons (Fsp3) is 0.364. The molecule has 1 N–H and O–H groups in total. The fourth-order valence-electron chi connectivity index (χ4n) is 3.87. The lowest BCUT2D eigenvalue weighted by molar-refractivity contribution is 0.0941. The van der Waals surface area contributed by atoms with E-state index in [-0.39, 0.29) is 5.91 Å². The van der Waals surface area contributed by atoms with Crippen LogP contribution in [0, 0.1) is 6.92 Å². The van der Waals surface area contributed by atoms with Crippen LogP contribution in [0.4, 0.5) is 0 Å². The van der Waals surface area contributed by atoms with Gasteiger partial charge in [0.2, 0.25) is 0 Å². The summed E-state index contributed by atoms with van der Waals surface area (Å²) in [6.45, 7) is 5.71. The van der Waals surface area contributed by atoms with Crippen LogP contribution in [0.3, 0.4) is 0 Å².